The van der Waals surface area contributed by atoms with Crippen molar-refractivity contribution in [3.05, 3.63) is 71.4 Å². The summed E-state index contributed by atoms with van der Waals surface area (Å²) < 4.78 is 0. The molecule has 28 heavy (non-hydrogen) atoms. The average Bonchev–Trinajstić information content (AvgIpc) is 3.13. The van der Waals surface area contributed by atoms with E-state index < -0.39 is 0 Å². The van der Waals surface area contributed by atoms with Gasteiger partial charge in [0, 0.05) is 37.4 Å². The number of guanidine groups is 1. The van der Waals surface area contributed by atoms with E-state index in [1.54, 1.807) is 19.0 Å². The van der Waals surface area contributed by atoms with E-state index in [-0.39, 0.29) is 5.91 Å². The van der Waals surface area contributed by atoms with Crippen molar-refractivity contribution >= 4 is 22.8 Å². The lowest BCUT2D eigenvalue weighted by Crippen LogP contribution is -2.36. The van der Waals surface area contributed by atoms with Gasteiger partial charge in [-0.15, -0.1) is 0 Å². The molecule has 0 atom stereocenters. The normalized spacial score (nSPS) is 11.5. The van der Waals surface area contributed by atoms with Gasteiger partial charge in [0.05, 0.1) is 13.1 Å². The lowest BCUT2D eigenvalue weighted by Gasteiger charge is -2.11. The molecule has 0 spiro atoms. The topological polar surface area (TPSA) is 72.5 Å². The number of aliphatic imine (C=N–C) groups is 1. The molecule has 0 saturated heterocycles. The minimum atomic E-state index is 0.00314. The van der Waals surface area contributed by atoms with E-state index in [2.05, 4.69) is 38.8 Å². The van der Waals surface area contributed by atoms with E-state index in [1.807, 2.05) is 43.3 Å². The summed E-state index contributed by atoms with van der Waals surface area (Å²) in [4.78, 5) is 21.6. The maximum absolute atomic E-state index is 12.0. The standard InChI is InChI=1S/C22H27N5O/c1-4-23-22(25-15-19-13-18-7-5-6-8-20(18)26-19)24-14-16-9-11-17(12-10-16)21(28)27(2)3/h5-13,26H,4,14-15H2,1-3H3,(H2,23,24,25). The number of carbonyl (C=O) groups is 1. The predicted molar refractivity (Wildman–Crippen MR) is 114 cm³/mol. The van der Waals surface area contributed by atoms with E-state index in [4.69, 9.17) is 0 Å². The van der Waals surface area contributed by atoms with Crippen molar-refractivity contribution in [1.82, 2.24) is 20.5 Å². The highest BCUT2D eigenvalue weighted by Gasteiger charge is 2.07. The second kappa shape index (κ2) is 9.08. The summed E-state index contributed by atoms with van der Waals surface area (Å²) in [6, 6.07) is 18.0. The summed E-state index contributed by atoms with van der Waals surface area (Å²) >= 11 is 0. The number of hydrogen-bond donors (Lipinski definition) is 3. The molecule has 3 N–H and O–H groups in total. The predicted octanol–water partition coefficient (Wildman–Crippen LogP) is 3.13. The molecule has 2 aromatic carbocycles. The fourth-order valence-electron chi connectivity index (χ4n) is 2.93. The fourth-order valence-corrected chi connectivity index (χ4v) is 2.93. The molecule has 1 amide bonds. The number of rotatable bonds is 6. The van der Waals surface area contributed by atoms with E-state index in [0.717, 1.165) is 29.3 Å². The van der Waals surface area contributed by atoms with Gasteiger partial charge in [0.1, 0.15) is 0 Å². The Labute approximate surface area is 165 Å². The third kappa shape index (κ3) is 4.91. The van der Waals surface area contributed by atoms with Crippen LogP contribution >= 0.6 is 0 Å². The highest BCUT2D eigenvalue weighted by atomic mass is 16.2. The maximum Gasteiger partial charge on any atom is 0.253 e. The van der Waals surface area contributed by atoms with Gasteiger partial charge in [-0.3, -0.25) is 4.79 Å². The Bertz CT molecular complexity index is 923. The summed E-state index contributed by atoms with van der Waals surface area (Å²) in [6.45, 7) is 4.03. The van der Waals surface area contributed by atoms with Crippen LogP contribution in [0.1, 0.15) is 28.5 Å². The van der Waals surface area contributed by atoms with Gasteiger partial charge in [0.25, 0.3) is 5.91 Å². The highest BCUT2D eigenvalue weighted by molar-refractivity contribution is 5.93. The number of fused-ring (bicyclic) bond motifs is 1. The zero-order chi connectivity index (χ0) is 19.9. The minimum absolute atomic E-state index is 0.00314. The molecule has 0 saturated carbocycles. The monoisotopic (exact) mass is 377 g/mol. The van der Waals surface area contributed by atoms with Gasteiger partial charge >= 0.3 is 0 Å². The molecule has 3 rings (SSSR count). The quantitative estimate of drug-likeness (QED) is 0.456. The van der Waals surface area contributed by atoms with Crippen LogP contribution in [0.4, 0.5) is 0 Å². The number of aromatic amines is 1. The Kier molecular flexibility index (Phi) is 6.32. The van der Waals surface area contributed by atoms with E-state index in [9.17, 15) is 4.79 Å². The number of para-hydroxylation sites is 1. The summed E-state index contributed by atoms with van der Waals surface area (Å²) in [6.07, 6.45) is 0. The average molecular weight is 377 g/mol. The number of benzene rings is 2. The van der Waals surface area contributed by atoms with Crippen LogP contribution < -0.4 is 10.6 Å². The SMILES string of the molecule is CCNC(=NCc1ccc(C(=O)N(C)C)cc1)NCc1cc2ccccc2[nH]1. The van der Waals surface area contributed by atoms with Crippen molar-refractivity contribution in [2.24, 2.45) is 4.99 Å². The molecule has 1 heterocycles. The van der Waals surface area contributed by atoms with Crippen LogP contribution in [0.2, 0.25) is 0 Å². The number of H-pyrrole nitrogens is 1. The zero-order valence-electron chi connectivity index (χ0n) is 16.6. The van der Waals surface area contributed by atoms with Crippen molar-refractivity contribution in [2.75, 3.05) is 20.6 Å². The van der Waals surface area contributed by atoms with Crippen LogP contribution in [0, 0.1) is 0 Å². The molecule has 0 aliphatic heterocycles. The van der Waals surface area contributed by atoms with Gasteiger partial charge in [0.2, 0.25) is 0 Å². The van der Waals surface area contributed by atoms with Crippen LogP contribution in [0.15, 0.2) is 59.6 Å². The smallest absolute Gasteiger partial charge is 0.253 e. The number of aromatic nitrogens is 1. The Morgan fingerprint density at radius 3 is 2.50 bits per heavy atom. The van der Waals surface area contributed by atoms with Crippen LogP contribution in [-0.2, 0) is 13.1 Å². The third-order valence-electron chi connectivity index (χ3n) is 4.40. The lowest BCUT2D eigenvalue weighted by atomic mass is 10.1. The Morgan fingerprint density at radius 2 is 1.82 bits per heavy atom. The first-order valence-corrected chi connectivity index (χ1v) is 9.46. The first kappa shape index (κ1) is 19.5. The van der Waals surface area contributed by atoms with E-state index in [0.29, 0.717) is 18.7 Å². The van der Waals surface area contributed by atoms with Gasteiger partial charge in [0.15, 0.2) is 5.96 Å². The van der Waals surface area contributed by atoms with Gasteiger partial charge in [-0.05, 0) is 42.1 Å². The minimum Gasteiger partial charge on any atom is -0.357 e. The maximum atomic E-state index is 12.0. The second-order valence-corrected chi connectivity index (χ2v) is 6.83. The summed E-state index contributed by atoms with van der Waals surface area (Å²) in [5, 5.41) is 7.83. The van der Waals surface area contributed by atoms with Gasteiger partial charge in [-0.25, -0.2) is 4.99 Å². The molecule has 0 aliphatic carbocycles. The van der Waals surface area contributed by atoms with Crippen molar-refractivity contribution in [1.29, 1.82) is 0 Å². The number of hydrogen-bond acceptors (Lipinski definition) is 2. The van der Waals surface area contributed by atoms with Gasteiger partial charge < -0.3 is 20.5 Å². The highest BCUT2D eigenvalue weighted by Crippen LogP contribution is 2.14. The molecule has 0 radical (unpaired) electrons. The molecule has 3 aromatic rings. The first-order valence-electron chi connectivity index (χ1n) is 9.46. The number of nitrogens with zero attached hydrogens (tertiary/aromatic N) is 2. The number of nitrogens with one attached hydrogen (secondary N) is 3. The molecule has 6 heteroatoms. The summed E-state index contributed by atoms with van der Waals surface area (Å²) in [5.74, 6) is 0.762. The van der Waals surface area contributed by atoms with Gasteiger partial charge in [-0.2, -0.15) is 0 Å². The lowest BCUT2D eigenvalue weighted by molar-refractivity contribution is 0.0827. The van der Waals surface area contributed by atoms with Crippen molar-refractivity contribution in [3.8, 4) is 0 Å². The molecule has 0 aliphatic rings. The molecule has 1 aromatic heterocycles. The van der Waals surface area contributed by atoms with Crippen molar-refractivity contribution in [3.63, 3.8) is 0 Å². The second-order valence-electron chi connectivity index (χ2n) is 6.83. The van der Waals surface area contributed by atoms with Crippen LogP contribution in [0.5, 0.6) is 0 Å². The van der Waals surface area contributed by atoms with E-state index in [1.165, 1.54) is 5.39 Å². The number of carbonyl (C=O) groups excluding carboxylic acids is 1. The largest absolute Gasteiger partial charge is 0.357 e. The van der Waals surface area contributed by atoms with Gasteiger partial charge in [-0.1, -0.05) is 30.3 Å². The van der Waals surface area contributed by atoms with E-state index >= 15 is 0 Å². The summed E-state index contributed by atoms with van der Waals surface area (Å²) in [7, 11) is 3.50. The molecule has 6 nitrogen and oxygen atoms in total. The molecule has 146 valence electrons. The molecule has 0 unspecified atom stereocenters. The third-order valence-corrected chi connectivity index (χ3v) is 4.40. The molecule has 0 bridgehead atoms. The fraction of sp³-hybridized carbons (Fsp3) is 0.273. The van der Waals surface area contributed by atoms with Crippen LogP contribution in [0.3, 0.4) is 0 Å². The first-order chi connectivity index (χ1) is 13.6. The van der Waals surface area contributed by atoms with Crippen LogP contribution in [0.25, 0.3) is 10.9 Å². The number of amides is 1. The Hall–Kier alpha value is -3.28. The Morgan fingerprint density at radius 1 is 1.07 bits per heavy atom. The van der Waals surface area contributed by atoms with Crippen molar-refractivity contribution in [2.45, 2.75) is 20.0 Å². The Balaban J connectivity index is 1.62. The van der Waals surface area contributed by atoms with Crippen molar-refractivity contribution < 1.29 is 4.79 Å². The molecule has 0 fully saturated rings. The summed E-state index contributed by atoms with van der Waals surface area (Å²) in [5.41, 5.74) is 3.98. The zero-order valence-corrected chi connectivity index (χ0v) is 16.6. The van der Waals surface area contributed by atoms with Crippen LogP contribution in [-0.4, -0.2) is 42.4 Å². The molecular weight excluding hydrogens is 350 g/mol. The molecular formula is C22H27N5O.